The Kier molecular flexibility index (Phi) is 4.54. The summed E-state index contributed by atoms with van der Waals surface area (Å²) < 4.78 is 8.11. The zero-order valence-electron chi connectivity index (χ0n) is 18.8. The maximum Gasteiger partial charge on any atom is 0.349 e. The number of hydrogen-bond acceptors (Lipinski definition) is 3. The molecule has 4 nitrogen and oxygen atoms in total. The molecule has 4 saturated carbocycles. The number of rotatable bonds is 6. The van der Waals surface area contributed by atoms with Gasteiger partial charge in [-0.05, 0) is 92.7 Å². The Hall–Kier alpha value is -1.71. The van der Waals surface area contributed by atoms with E-state index in [4.69, 9.17) is 4.74 Å². The first-order chi connectivity index (χ1) is 14.6. The van der Waals surface area contributed by atoms with Gasteiger partial charge in [-0.25, -0.2) is 0 Å². The fourth-order valence-electron chi connectivity index (χ4n) is 8.14. The smallest absolute Gasteiger partial charge is 0.349 e. The summed E-state index contributed by atoms with van der Waals surface area (Å²) in [6.45, 7) is 5.86. The second kappa shape index (κ2) is 7.17. The Morgan fingerprint density at radius 2 is 1.73 bits per heavy atom. The summed E-state index contributed by atoms with van der Waals surface area (Å²) in [7, 11) is 1.75. The molecule has 2 atom stereocenters. The zero-order valence-corrected chi connectivity index (χ0v) is 18.8. The molecule has 7 rings (SSSR count). The lowest BCUT2D eigenvalue weighted by Crippen LogP contribution is -2.47. The summed E-state index contributed by atoms with van der Waals surface area (Å²) in [5, 5.41) is 3.76. The minimum absolute atomic E-state index is 0.581. The van der Waals surface area contributed by atoms with E-state index >= 15 is 0 Å². The van der Waals surface area contributed by atoms with E-state index in [1.54, 1.807) is 26.4 Å². The Morgan fingerprint density at radius 3 is 2.37 bits per heavy atom. The second-order valence-corrected chi connectivity index (χ2v) is 11.3. The van der Waals surface area contributed by atoms with Gasteiger partial charge in [-0.15, -0.1) is 0 Å². The van der Waals surface area contributed by atoms with Crippen LogP contribution < -0.4 is 10.1 Å². The maximum atomic E-state index is 5.36. The van der Waals surface area contributed by atoms with E-state index in [0.29, 0.717) is 17.5 Å². The fourth-order valence-corrected chi connectivity index (χ4v) is 8.14. The monoisotopic (exact) mass is 408 g/mol. The van der Waals surface area contributed by atoms with E-state index in [2.05, 4.69) is 46.0 Å². The third kappa shape index (κ3) is 3.22. The van der Waals surface area contributed by atoms with Gasteiger partial charge in [0.25, 0.3) is 0 Å². The van der Waals surface area contributed by atoms with E-state index < -0.39 is 0 Å². The van der Waals surface area contributed by atoms with Gasteiger partial charge in [0.2, 0.25) is 0 Å². The predicted molar refractivity (Wildman–Crippen MR) is 120 cm³/mol. The largest absolute Gasteiger partial charge is 0.497 e. The SMILES string of the molecule is COc1ccc(C[C@H]2CN3C(=[N+]2CCC24CC5CC(CC(C5)C2)C4)NC[C@@H]3C)cc1. The number of nitrogens with one attached hydrogen (secondary N) is 1. The van der Waals surface area contributed by atoms with Crippen molar-refractivity contribution in [3.63, 3.8) is 0 Å². The number of fused-ring (bicyclic) bond motifs is 1. The molecule has 0 spiro atoms. The molecule has 2 aliphatic heterocycles. The average molecular weight is 409 g/mol. The molecular formula is C26H38N3O+. The van der Waals surface area contributed by atoms with Crippen molar-refractivity contribution in [1.29, 1.82) is 0 Å². The van der Waals surface area contributed by atoms with Gasteiger partial charge in [-0.3, -0.25) is 14.8 Å². The van der Waals surface area contributed by atoms with Crippen molar-refractivity contribution in [1.82, 2.24) is 10.2 Å². The number of hydrogen-bond donors (Lipinski definition) is 1. The standard InChI is InChI=1S/C26H37N3O/c1-18-16-27-25-28(8-7-26-13-20-9-21(14-26)11-22(10-20)15-26)23(17-29(18)25)12-19-3-5-24(30-2)6-4-19/h3-6,18,20-23H,7-17H2,1-2H3/p+1/t18-,20?,21?,22?,23-,26?/m0/s1. The predicted octanol–water partition coefficient (Wildman–Crippen LogP) is 3.89. The number of guanidine groups is 1. The lowest BCUT2D eigenvalue weighted by Gasteiger charge is -2.57. The van der Waals surface area contributed by atoms with Crippen LogP contribution in [0.1, 0.15) is 57.4 Å². The van der Waals surface area contributed by atoms with Crippen LogP contribution in [0.3, 0.4) is 0 Å². The van der Waals surface area contributed by atoms with E-state index in [0.717, 1.165) is 43.0 Å². The van der Waals surface area contributed by atoms with Crippen LogP contribution in [0.5, 0.6) is 5.75 Å². The van der Waals surface area contributed by atoms with Crippen LogP contribution in [0.4, 0.5) is 0 Å². The molecule has 0 aromatic heterocycles. The minimum Gasteiger partial charge on any atom is -0.497 e. The highest BCUT2D eigenvalue weighted by Gasteiger charge is 2.51. The first-order valence-electron chi connectivity index (χ1n) is 12.4. The molecule has 1 saturated heterocycles. The molecule has 0 amide bonds. The van der Waals surface area contributed by atoms with Crippen LogP contribution in [0, 0.1) is 23.2 Å². The molecule has 1 aromatic carbocycles. The van der Waals surface area contributed by atoms with Crippen LogP contribution in [-0.2, 0) is 6.42 Å². The number of ether oxygens (including phenoxy) is 1. The Balaban J connectivity index is 1.20. The molecule has 4 heteroatoms. The van der Waals surface area contributed by atoms with Crippen molar-refractivity contribution in [3.8, 4) is 5.75 Å². The summed E-state index contributed by atoms with van der Waals surface area (Å²) in [6.07, 6.45) is 11.8. The number of methoxy groups -OCH3 is 1. The Morgan fingerprint density at radius 1 is 1.07 bits per heavy atom. The zero-order chi connectivity index (χ0) is 20.3. The van der Waals surface area contributed by atoms with E-state index in [9.17, 15) is 0 Å². The quantitative estimate of drug-likeness (QED) is 0.724. The Labute approximate surface area is 181 Å². The van der Waals surface area contributed by atoms with Crippen molar-refractivity contribution in [2.24, 2.45) is 23.2 Å². The summed E-state index contributed by atoms with van der Waals surface area (Å²) in [5.74, 6) is 5.54. The average Bonchev–Trinajstić information content (AvgIpc) is 3.25. The second-order valence-electron chi connectivity index (χ2n) is 11.3. The van der Waals surface area contributed by atoms with Crippen molar-refractivity contribution in [3.05, 3.63) is 29.8 Å². The fraction of sp³-hybridized carbons (Fsp3) is 0.731. The molecule has 2 heterocycles. The van der Waals surface area contributed by atoms with Gasteiger partial charge in [0, 0.05) is 6.42 Å². The van der Waals surface area contributed by atoms with Crippen molar-refractivity contribution < 1.29 is 9.31 Å². The van der Waals surface area contributed by atoms with Gasteiger partial charge < -0.3 is 4.74 Å². The van der Waals surface area contributed by atoms with Gasteiger partial charge in [0.1, 0.15) is 24.4 Å². The molecule has 5 fully saturated rings. The van der Waals surface area contributed by atoms with Gasteiger partial charge in [-0.1, -0.05) is 12.1 Å². The summed E-state index contributed by atoms with van der Waals surface area (Å²) >= 11 is 0. The van der Waals surface area contributed by atoms with Crippen molar-refractivity contribution in [2.45, 2.75) is 70.4 Å². The number of benzene rings is 1. The third-order valence-corrected chi connectivity index (χ3v) is 9.16. The lowest BCUT2D eigenvalue weighted by molar-refractivity contribution is -0.560. The maximum absolute atomic E-state index is 5.36. The van der Waals surface area contributed by atoms with Crippen LogP contribution >= 0.6 is 0 Å². The van der Waals surface area contributed by atoms with Gasteiger partial charge >= 0.3 is 5.96 Å². The third-order valence-electron chi connectivity index (χ3n) is 9.16. The first kappa shape index (κ1) is 19.0. The van der Waals surface area contributed by atoms with Gasteiger partial charge in [-0.2, -0.15) is 0 Å². The van der Waals surface area contributed by atoms with E-state index in [1.807, 2.05) is 0 Å². The normalized spacial score (nSPS) is 38.9. The highest BCUT2D eigenvalue weighted by atomic mass is 16.5. The summed E-state index contributed by atoms with van der Waals surface area (Å²) in [6, 6.07) is 9.92. The molecule has 4 bridgehead atoms. The lowest BCUT2D eigenvalue weighted by atomic mass is 9.49. The molecule has 30 heavy (non-hydrogen) atoms. The van der Waals surface area contributed by atoms with Crippen LogP contribution in [0.2, 0.25) is 0 Å². The van der Waals surface area contributed by atoms with Crippen LogP contribution in [0.25, 0.3) is 0 Å². The molecule has 4 aliphatic carbocycles. The minimum atomic E-state index is 0.581. The van der Waals surface area contributed by atoms with Gasteiger partial charge in [0.15, 0.2) is 0 Å². The van der Waals surface area contributed by atoms with E-state index in [1.165, 1.54) is 43.8 Å². The molecule has 1 aromatic rings. The van der Waals surface area contributed by atoms with Crippen LogP contribution in [0.15, 0.2) is 24.3 Å². The molecule has 0 unspecified atom stereocenters. The molecule has 0 radical (unpaired) electrons. The molecule has 1 N–H and O–H groups in total. The molecular weight excluding hydrogens is 370 g/mol. The highest BCUT2D eigenvalue weighted by molar-refractivity contribution is 5.78. The first-order valence-corrected chi connectivity index (χ1v) is 12.4. The Bertz CT molecular complexity index is 794. The van der Waals surface area contributed by atoms with Crippen molar-refractivity contribution in [2.75, 3.05) is 26.7 Å². The topological polar surface area (TPSA) is 27.5 Å². The molecule has 6 aliphatic rings. The van der Waals surface area contributed by atoms with Gasteiger partial charge in [0.05, 0.1) is 20.2 Å². The highest BCUT2D eigenvalue weighted by Crippen LogP contribution is 2.61. The van der Waals surface area contributed by atoms with E-state index in [-0.39, 0.29) is 0 Å². The number of nitrogens with zero attached hydrogens (tertiary/aromatic N) is 2. The summed E-state index contributed by atoms with van der Waals surface area (Å²) in [5.41, 5.74) is 2.09. The summed E-state index contributed by atoms with van der Waals surface area (Å²) in [4.78, 5) is 2.63. The van der Waals surface area contributed by atoms with Crippen molar-refractivity contribution >= 4 is 5.96 Å². The van der Waals surface area contributed by atoms with Crippen LogP contribution in [-0.4, -0.2) is 54.3 Å². The molecule has 162 valence electrons.